The normalized spacial score (nSPS) is 13.7. The summed E-state index contributed by atoms with van der Waals surface area (Å²) in [5.41, 5.74) is -0.304. The average Bonchev–Trinajstić information content (AvgIpc) is 2.93. The van der Waals surface area contributed by atoms with E-state index in [2.05, 4.69) is 20.8 Å². The molecule has 0 saturated heterocycles. The van der Waals surface area contributed by atoms with Crippen LogP contribution in [0.2, 0.25) is 0 Å². The van der Waals surface area contributed by atoms with Gasteiger partial charge in [-0.2, -0.15) is 4.98 Å². The highest BCUT2D eigenvalue weighted by atomic mass is 16.5. The Morgan fingerprint density at radius 2 is 1.96 bits per heavy atom. The van der Waals surface area contributed by atoms with Crippen LogP contribution in [-0.4, -0.2) is 34.4 Å². The molecule has 7 nitrogen and oxygen atoms in total. The molecular formula is C16H30N4O3. The van der Waals surface area contributed by atoms with E-state index in [-0.39, 0.29) is 29.5 Å². The van der Waals surface area contributed by atoms with Gasteiger partial charge in [0, 0.05) is 18.6 Å². The molecule has 23 heavy (non-hydrogen) atoms. The first kappa shape index (κ1) is 19.4. The minimum absolute atomic E-state index is 0.113. The van der Waals surface area contributed by atoms with E-state index in [1.165, 1.54) is 0 Å². The molecule has 0 fully saturated rings. The Morgan fingerprint density at radius 3 is 2.48 bits per heavy atom. The third-order valence-electron chi connectivity index (χ3n) is 3.57. The number of hydrogen-bond donors (Lipinski definition) is 3. The second-order valence-electron chi connectivity index (χ2n) is 7.75. The SMILES string of the molecule is CC(NC(=O)NCCCC(C)(C)CO)c1nc(C(C)(C)C)no1. The molecule has 2 amide bonds. The molecule has 0 bridgehead atoms. The van der Waals surface area contributed by atoms with E-state index in [9.17, 15) is 9.90 Å². The van der Waals surface area contributed by atoms with E-state index in [1.54, 1.807) is 6.92 Å². The highest BCUT2D eigenvalue weighted by Crippen LogP contribution is 2.21. The summed E-state index contributed by atoms with van der Waals surface area (Å²) in [4.78, 5) is 16.2. The summed E-state index contributed by atoms with van der Waals surface area (Å²) < 4.78 is 5.21. The topological polar surface area (TPSA) is 100 Å². The summed E-state index contributed by atoms with van der Waals surface area (Å²) in [7, 11) is 0. The number of urea groups is 1. The van der Waals surface area contributed by atoms with Crippen molar-refractivity contribution in [1.82, 2.24) is 20.8 Å². The number of nitrogens with one attached hydrogen (secondary N) is 2. The van der Waals surface area contributed by atoms with Crippen LogP contribution < -0.4 is 10.6 Å². The van der Waals surface area contributed by atoms with Crippen molar-refractivity contribution >= 4 is 6.03 Å². The Balaban J connectivity index is 2.38. The molecule has 0 aliphatic carbocycles. The van der Waals surface area contributed by atoms with Gasteiger partial charge in [0.05, 0.1) is 0 Å². The Bertz CT molecular complexity index is 506. The summed E-state index contributed by atoms with van der Waals surface area (Å²) in [6.07, 6.45) is 1.65. The van der Waals surface area contributed by atoms with Gasteiger partial charge in [0.1, 0.15) is 6.04 Å². The van der Waals surface area contributed by atoms with Gasteiger partial charge in [-0.15, -0.1) is 0 Å². The van der Waals surface area contributed by atoms with Crippen molar-refractivity contribution in [3.8, 4) is 0 Å². The van der Waals surface area contributed by atoms with Crippen molar-refractivity contribution in [2.24, 2.45) is 5.41 Å². The Kier molecular flexibility index (Phi) is 6.56. The molecule has 3 N–H and O–H groups in total. The number of nitrogens with zero attached hydrogens (tertiary/aromatic N) is 2. The molecule has 0 aromatic carbocycles. The number of carbonyl (C=O) groups is 1. The van der Waals surface area contributed by atoms with E-state index in [0.717, 1.165) is 12.8 Å². The van der Waals surface area contributed by atoms with Gasteiger partial charge in [0.25, 0.3) is 0 Å². The molecule has 0 aliphatic heterocycles. The maximum Gasteiger partial charge on any atom is 0.315 e. The molecular weight excluding hydrogens is 296 g/mol. The first-order valence-corrected chi connectivity index (χ1v) is 8.04. The third kappa shape index (κ3) is 6.56. The third-order valence-corrected chi connectivity index (χ3v) is 3.57. The molecule has 0 radical (unpaired) electrons. The van der Waals surface area contributed by atoms with Crippen LogP contribution in [0.1, 0.15) is 72.1 Å². The van der Waals surface area contributed by atoms with Crippen LogP contribution in [-0.2, 0) is 5.41 Å². The largest absolute Gasteiger partial charge is 0.396 e. The van der Waals surface area contributed by atoms with Gasteiger partial charge in [0.2, 0.25) is 5.89 Å². The monoisotopic (exact) mass is 326 g/mol. The van der Waals surface area contributed by atoms with Gasteiger partial charge in [-0.1, -0.05) is 39.8 Å². The van der Waals surface area contributed by atoms with Crippen LogP contribution in [0.15, 0.2) is 4.52 Å². The van der Waals surface area contributed by atoms with Crippen LogP contribution in [0.25, 0.3) is 0 Å². The summed E-state index contributed by atoms with van der Waals surface area (Å²) in [6, 6.07) is -0.623. The average molecular weight is 326 g/mol. The quantitative estimate of drug-likeness (QED) is 0.669. The van der Waals surface area contributed by atoms with Gasteiger partial charge in [-0.3, -0.25) is 0 Å². The van der Waals surface area contributed by atoms with Crippen LogP contribution in [0.5, 0.6) is 0 Å². The Morgan fingerprint density at radius 1 is 1.30 bits per heavy atom. The Labute approximate surface area is 138 Å². The summed E-state index contributed by atoms with van der Waals surface area (Å²) >= 11 is 0. The Hall–Kier alpha value is -1.63. The lowest BCUT2D eigenvalue weighted by molar-refractivity contribution is 0.148. The first-order valence-electron chi connectivity index (χ1n) is 8.04. The van der Waals surface area contributed by atoms with Crippen molar-refractivity contribution in [1.29, 1.82) is 0 Å². The second kappa shape index (κ2) is 7.77. The number of hydrogen-bond acceptors (Lipinski definition) is 5. The number of aromatic nitrogens is 2. The smallest absolute Gasteiger partial charge is 0.315 e. The van der Waals surface area contributed by atoms with Crippen LogP contribution in [0.3, 0.4) is 0 Å². The van der Waals surface area contributed by atoms with E-state index >= 15 is 0 Å². The number of rotatable bonds is 7. The lowest BCUT2D eigenvalue weighted by Crippen LogP contribution is -2.38. The van der Waals surface area contributed by atoms with E-state index in [0.29, 0.717) is 18.3 Å². The van der Waals surface area contributed by atoms with Crippen molar-refractivity contribution < 1.29 is 14.4 Å². The second-order valence-corrected chi connectivity index (χ2v) is 7.75. The lowest BCUT2D eigenvalue weighted by atomic mass is 9.89. The molecule has 1 rings (SSSR count). The molecule has 1 unspecified atom stereocenters. The minimum atomic E-state index is -0.354. The van der Waals surface area contributed by atoms with Crippen LogP contribution >= 0.6 is 0 Å². The fourth-order valence-electron chi connectivity index (χ4n) is 1.87. The predicted octanol–water partition coefficient (Wildman–Crippen LogP) is 2.53. The molecule has 1 aromatic rings. The number of carbonyl (C=O) groups excluding carboxylic acids is 1. The fraction of sp³-hybridized carbons (Fsp3) is 0.812. The highest BCUT2D eigenvalue weighted by molar-refractivity contribution is 5.74. The highest BCUT2D eigenvalue weighted by Gasteiger charge is 2.23. The van der Waals surface area contributed by atoms with Crippen molar-refractivity contribution in [3.05, 3.63) is 11.7 Å². The zero-order chi connectivity index (χ0) is 17.7. The minimum Gasteiger partial charge on any atom is -0.396 e. The first-order chi connectivity index (χ1) is 10.5. The van der Waals surface area contributed by atoms with Crippen LogP contribution in [0.4, 0.5) is 4.79 Å². The zero-order valence-electron chi connectivity index (χ0n) is 15.1. The molecule has 7 heteroatoms. The van der Waals surface area contributed by atoms with E-state index in [1.807, 2.05) is 34.6 Å². The molecule has 1 aromatic heterocycles. The van der Waals surface area contributed by atoms with Gasteiger partial charge < -0.3 is 20.3 Å². The summed E-state index contributed by atoms with van der Waals surface area (Å²) in [5, 5.41) is 18.7. The molecule has 0 saturated carbocycles. The van der Waals surface area contributed by atoms with Crippen molar-refractivity contribution in [2.75, 3.05) is 13.2 Å². The van der Waals surface area contributed by atoms with Crippen LogP contribution in [0, 0.1) is 5.41 Å². The number of aliphatic hydroxyl groups excluding tert-OH is 1. The maximum absolute atomic E-state index is 11.9. The van der Waals surface area contributed by atoms with Crippen molar-refractivity contribution in [2.45, 2.75) is 65.8 Å². The number of amides is 2. The predicted molar refractivity (Wildman–Crippen MR) is 88.0 cm³/mol. The molecule has 132 valence electrons. The van der Waals surface area contributed by atoms with Crippen molar-refractivity contribution in [3.63, 3.8) is 0 Å². The summed E-state index contributed by atoms with van der Waals surface area (Å²) in [5.74, 6) is 1.01. The molecule has 1 heterocycles. The fourth-order valence-corrected chi connectivity index (χ4v) is 1.87. The maximum atomic E-state index is 11.9. The zero-order valence-corrected chi connectivity index (χ0v) is 15.1. The molecule has 0 spiro atoms. The van der Waals surface area contributed by atoms with Gasteiger partial charge >= 0.3 is 6.03 Å². The standard InChI is InChI=1S/C16H30N4O3/c1-11(12-19-13(20-23-12)15(2,3)4)18-14(22)17-9-7-8-16(5,6)10-21/h11,21H,7-10H2,1-6H3,(H2,17,18,22). The van der Waals surface area contributed by atoms with Gasteiger partial charge in [-0.05, 0) is 25.2 Å². The lowest BCUT2D eigenvalue weighted by Gasteiger charge is -2.21. The van der Waals surface area contributed by atoms with Gasteiger partial charge in [-0.25, -0.2) is 4.79 Å². The molecule has 1 atom stereocenters. The molecule has 0 aliphatic rings. The van der Waals surface area contributed by atoms with E-state index in [4.69, 9.17) is 4.52 Å². The summed E-state index contributed by atoms with van der Waals surface area (Å²) in [6.45, 7) is 12.5. The van der Waals surface area contributed by atoms with Gasteiger partial charge in [0.15, 0.2) is 5.82 Å². The van der Waals surface area contributed by atoms with E-state index < -0.39 is 0 Å². The number of aliphatic hydroxyl groups is 1.